The van der Waals surface area contributed by atoms with Crippen LogP contribution in [0.25, 0.3) is 5.69 Å². The van der Waals surface area contributed by atoms with E-state index in [1.165, 1.54) is 12.8 Å². The second kappa shape index (κ2) is 7.39. The Morgan fingerprint density at radius 2 is 1.92 bits per heavy atom. The van der Waals surface area contributed by atoms with Crippen molar-refractivity contribution in [3.63, 3.8) is 0 Å². The molecule has 1 N–H and O–H groups in total. The van der Waals surface area contributed by atoms with Crippen molar-refractivity contribution in [1.82, 2.24) is 9.78 Å². The Morgan fingerprint density at radius 1 is 1.24 bits per heavy atom. The van der Waals surface area contributed by atoms with Crippen LogP contribution in [0.15, 0.2) is 36.4 Å². The van der Waals surface area contributed by atoms with Crippen LogP contribution in [0.1, 0.15) is 43.7 Å². The van der Waals surface area contributed by atoms with Crippen molar-refractivity contribution in [2.24, 2.45) is 0 Å². The van der Waals surface area contributed by atoms with E-state index in [0.29, 0.717) is 11.7 Å². The van der Waals surface area contributed by atoms with Gasteiger partial charge in [0, 0.05) is 24.7 Å². The zero-order valence-corrected chi connectivity index (χ0v) is 15.1. The van der Waals surface area contributed by atoms with Crippen LogP contribution in [0, 0.1) is 0 Å². The first-order chi connectivity index (χ1) is 11.9. The van der Waals surface area contributed by atoms with Crippen LogP contribution in [0.4, 0.5) is 5.82 Å². The molecular weight excluding hydrogens is 338 g/mol. The Balaban J connectivity index is 1.84. The summed E-state index contributed by atoms with van der Waals surface area (Å²) in [4.78, 5) is 12.2. The number of benzene rings is 1. The third-order valence-corrected chi connectivity index (χ3v) is 5.42. The molecule has 0 unspecified atom stereocenters. The summed E-state index contributed by atoms with van der Waals surface area (Å²) in [6.45, 7) is 0. The molecule has 1 aromatic carbocycles. The van der Waals surface area contributed by atoms with Gasteiger partial charge in [-0.1, -0.05) is 31.0 Å². The molecule has 6 nitrogen and oxygen atoms in total. The van der Waals surface area contributed by atoms with Crippen molar-refractivity contribution in [3.8, 4) is 5.69 Å². The molecule has 1 saturated carbocycles. The van der Waals surface area contributed by atoms with E-state index in [1.54, 1.807) is 4.68 Å². The summed E-state index contributed by atoms with van der Waals surface area (Å²) in [5.74, 6) is 0.539. The van der Waals surface area contributed by atoms with Crippen molar-refractivity contribution < 1.29 is 13.2 Å². The minimum absolute atomic E-state index is 0.0580. The van der Waals surface area contributed by atoms with E-state index >= 15 is 0 Å². The van der Waals surface area contributed by atoms with Crippen molar-refractivity contribution in [3.05, 3.63) is 42.1 Å². The predicted molar refractivity (Wildman–Crippen MR) is 97.7 cm³/mol. The fraction of sp³-hybridized carbons (Fsp3) is 0.444. The van der Waals surface area contributed by atoms with E-state index in [9.17, 15) is 13.2 Å². The Kier molecular flexibility index (Phi) is 5.22. The van der Waals surface area contributed by atoms with Gasteiger partial charge in [-0.2, -0.15) is 5.10 Å². The standard InChI is InChI=1S/C18H23N3O3S/c1-25(23,24)12-11-18(22)19-17-13-16(14-7-5-6-8-14)20-21(17)15-9-3-2-4-10-15/h2-4,9-10,13-14H,5-8,11-12H2,1H3,(H,19,22). The molecule has 0 radical (unpaired) electrons. The summed E-state index contributed by atoms with van der Waals surface area (Å²) in [5, 5.41) is 7.53. The number of carbonyl (C=O) groups is 1. The maximum absolute atomic E-state index is 12.2. The Hall–Kier alpha value is -2.15. The fourth-order valence-electron chi connectivity index (χ4n) is 3.16. The van der Waals surface area contributed by atoms with Gasteiger partial charge in [-0.05, 0) is 25.0 Å². The number of aromatic nitrogens is 2. The van der Waals surface area contributed by atoms with Gasteiger partial charge in [-0.15, -0.1) is 0 Å². The Bertz CT molecular complexity index is 838. The van der Waals surface area contributed by atoms with Gasteiger partial charge in [0.2, 0.25) is 5.91 Å². The monoisotopic (exact) mass is 361 g/mol. The second-order valence-corrected chi connectivity index (χ2v) is 8.87. The summed E-state index contributed by atoms with van der Waals surface area (Å²) in [6.07, 6.45) is 5.72. The van der Waals surface area contributed by atoms with Crippen LogP contribution < -0.4 is 5.32 Å². The highest BCUT2D eigenvalue weighted by atomic mass is 32.2. The number of hydrogen-bond donors (Lipinski definition) is 1. The zero-order chi connectivity index (χ0) is 17.9. The molecule has 0 atom stereocenters. The highest BCUT2D eigenvalue weighted by Gasteiger charge is 2.22. The van der Waals surface area contributed by atoms with E-state index in [2.05, 4.69) is 5.32 Å². The molecule has 0 spiro atoms. The number of anilines is 1. The van der Waals surface area contributed by atoms with Crippen LogP contribution >= 0.6 is 0 Å². The summed E-state index contributed by atoms with van der Waals surface area (Å²) in [7, 11) is -3.16. The van der Waals surface area contributed by atoms with Crippen molar-refractivity contribution in [2.45, 2.75) is 38.0 Å². The first kappa shape index (κ1) is 17.7. The van der Waals surface area contributed by atoms with Gasteiger partial charge in [0.1, 0.15) is 15.7 Å². The molecule has 25 heavy (non-hydrogen) atoms. The van der Waals surface area contributed by atoms with Gasteiger partial charge in [-0.3, -0.25) is 4.79 Å². The summed E-state index contributed by atoms with van der Waals surface area (Å²) in [5.41, 5.74) is 1.85. The van der Waals surface area contributed by atoms with Gasteiger partial charge in [-0.25, -0.2) is 13.1 Å². The lowest BCUT2D eigenvalue weighted by Crippen LogP contribution is -2.18. The Labute approximate surface area is 148 Å². The smallest absolute Gasteiger partial charge is 0.226 e. The molecule has 1 aliphatic rings. The normalized spacial score (nSPS) is 15.4. The highest BCUT2D eigenvalue weighted by molar-refractivity contribution is 7.90. The van der Waals surface area contributed by atoms with Crippen LogP contribution in [0.3, 0.4) is 0 Å². The van der Waals surface area contributed by atoms with E-state index < -0.39 is 9.84 Å². The molecule has 0 aliphatic heterocycles. The van der Waals surface area contributed by atoms with Crippen LogP contribution in [0.2, 0.25) is 0 Å². The van der Waals surface area contributed by atoms with Crippen LogP contribution in [-0.2, 0) is 14.6 Å². The number of hydrogen-bond acceptors (Lipinski definition) is 4. The second-order valence-electron chi connectivity index (χ2n) is 6.61. The topological polar surface area (TPSA) is 81.1 Å². The average Bonchev–Trinajstić information content (AvgIpc) is 3.22. The van der Waals surface area contributed by atoms with Gasteiger partial charge in [0.05, 0.1) is 17.1 Å². The van der Waals surface area contributed by atoms with Gasteiger partial charge < -0.3 is 5.32 Å². The van der Waals surface area contributed by atoms with Crippen LogP contribution in [0.5, 0.6) is 0 Å². The number of sulfone groups is 1. The van der Waals surface area contributed by atoms with Gasteiger partial charge in [0.15, 0.2) is 0 Å². The fourth-order valence-corrected chi connectivity index (χ4v) is 3.72. The zero-order valence-electron chi connectivity index (χ0n) is 14.3. The lowest BCUT2D eigenvalue weighted by Gasteiger charge is -2.08. The molecule has 1 fully saturated rings. The largest absolute Gasteiger partial charge is 0.311 e. The lowest BCUT2D eigenvalue weighted by molar-refractivity contribution is -0.115. The summed E-state index contributed by atoms with van der Waals surface area (Å²) >= 11 is 0. The summed E-state index contributed by atoms with van der Waals surface area (Å²) in [6, 6.07) is 11.5. The molecule has 1 aromatic heterocycles. The third-order valence-electron chi connectivity index (χ3n) is 4.47. The van der Waals surface area contributed by atoms with E-state index in [-0.39, 0.29) is 18.1 Å². The summed E-state index contributed by atoms with van der Waals surface area (Å²) < 4.78 is 24.2. The number of nitrogens with one attached hydrogen (secondary N) is 1. The maximum Gasteiger partial charge on any atom is 0.226 e. The molecular formula is C18H23N3O3S. The number of nitrogens with zero attached hydrogens (tertiary/aromatic N) is 2. The number of amides is 1. The Morgan fingerprint density at radius 3 is 2.56 bits per heavy atom. The third kappa shape index (κ3) is 4.69. The van der Waals surface area contributed by atoms with Crippen molar-refractivity contribution >= 4 is 21.6 Å². The van der Waals surface area contributed by atoms with Crippen LogP contribution in [-0.4, -0.2) is 36.1 Å². The van der Waals surface area contributed by atoms with E-state index in [1.807, 2.05) is 36.4 Å². The SMILES string of the molecule is CS(=O)(=O)CCC(=O)Nc1cc(C2CCCC2)nn1-c1ccccc1. The first-order valence-corrected chi connectivity index (χ1v) is 10.6. The minimum atomic E-state index is -3.16. The lowest BCUT2D eigenvalue weighted by atomic mass is 10.0. The van der Waals surface area contributed by atoms with Crippen molar-refractivity contribution in [1.29, 1.82) is 0 Å². The minimum Gasteiger partial charge on any atom is -0.311 e. The number of rotatable bonds is 6. The van der Waals surface area contributed by atoms with Crippen molar-refractivity contribution in [2.75, 3.05) is 17.3 Å². The maximum atomic E-state index is 12.2. The molecule has 0 saturated heterocycles. The van der Waals surface area contributed by atoms with Gasteiger partial charge in [0.25, 0.3) is 0 Å². The molecule has 0 bridgehead atoms. The average molecular weight is 361 g/mol. The molecule has 1 amide bonds. The first-order valence-electron chi connectivity index (χ1n) is 8.55. The molecule has 3 rings (SSSR count). The molecule has 2 aromatic rings. The molecule has 1 heterocycles. The quantitative estimate of drug-likeness (QED) is 0.858. The predicted octanol–water partition coefficient (Wildman–Crippen LogP) is 2.90. The highest BCUT2D eigenvalue weighted by Crippen LogP contribution is 2.35. The molecule has 134 valence electrons. The number of para-hydroxylation sites is 1. The number of carbonyl (C=O) groups excluding carboxylic acids is 1. The van der Waals surface area contributed by atoms with E-state index in [0.717, 1.165) is 30.5 Å². The van der Waals surface area contributed by atoms with Gasteiger partial charge >= 0.3 is 0 Å². The molecule has 1 aliphatic carbocycles. The van der Waals surface area contributed by atoms with E-state index in [4.69, 9.17) is 5.10 Å². The molecule has 7 heteroatoms.